The van der Waals surface area contributed by atoms with Crippen molar-refractivity contribution < 1.29 is 31.1 Å². The van der Waals surface area contributed by atoms with Crippen molar-refractivity contribution in [3.8, 4) is 5.95 Å². The first-order chi connectivity index (χ1) is 14.4. The molecule has 7 nitrogen and oxygen atoms in total. The van der Waals surface area contributed by atoms with Gasteiger partial charge in [-0.05, 0) is 25.8 Å². The highest BCUT2D eigenvalue weighted by Crippen LogP contribution is 2.37. The summed E-state index contributed by atoms with van der Waals surface area (Å²) in [6.07, 6.45) is -6.88. The molecule has 2 aromatic heterocycles. The summed E-state index contributed by atoms with van der Waals surface area (Å²) in [5.74, 6) is -2.81. The number of ether oxygens (including phenoxy) is 1. The van der Waals surface area contributed by atoms with Crippen molar-refractivity contribution in [1.82, 2.24) is 19.7 Å². The van der Waals surface area contributed by atoms with Crippen molar-refractivity contribution >= 4 is 11.6 Å². The molecule has 13 heteroatoms. The van der Waals surface area contributed by atoms with E-state index in [0.29, 0.717) is 10.6 Å². The molecular formula is C18H20F6N6O. The molecule has 1 aliphatic heterocycles. The van der Waals surface area contributed by atoms with Gasteiger partial charge in [-0.2, -0.15) is 32.6 Å². The minimum atomic E-state index is -4.09. The van der Waals surface area contributed by atoms with Gasteiger partial charge in [-0.3, -0.25) is 4.74 Å². The van der Waals surface area contributed by atoms with E-state index in [9.17, 15) is 26.3 Å². The summed E-state index contributed by atoms with van der Waals surface area (Å²) < 4.78 is 86.6. The highest BCUT2D eigenvalue weighted by atomic mass is 19.3. The molecule has 2 fully saturated rings. The third kappa shape index (κ3) is 5.20. The number of hydrogen-bond donors (Lipinski definition) is 1. The van der Waals surface area contributed by atoms with E-state index < -0.39 is 31.2 Å². The van der Waals surface area contributed by atoms with E-state index in [4.69, 9.17) is 0 Å². The van der Waals surface area contributed by atoms with E-state index >= 15 is 0 Å². The monoisotopic (exact) mass is 450 g/mol. The van der Waals surface area contributed by atoms with Crippen LogP contribution in [0.25, 0.3) is 5.95 Å². The number of aromatic nitrogens is 4. The minimum Gasteiger partial charge on any atom is -0.367 e. The van der Waals surface area contributed by atoms with E-state index in [1.807, 2.05) is 0 Å². The Bertz CT molecular complexity index is 925. The Kier molecular flexibility index (Phi) is 5.26. The predicted molar refractivity (Wildman–Crippen MR) is 97.9 cm³/mol. The fourth-order valence-electron chi connectivity index (χ4n) is 3.63. The number of anilines is 2. The number of rotatable bonds is 4. The van der Waals surface area contributed by atoms with Crippen LogP contribution in [0.15, 0.2) is 18.3 Å². The molecule has 0 radical (unpaired) electrons. The second-order valence-corrected chi connectivity index (χ2v) is 7.82. The lowest BCUT2D eigenvalue weighted by molar-refractivity contribution is -0.380. The summed E-state index contributed by atoms with van der Waals surface area (Å²) in [7, 11) is 0. The summed E-state index contributed by atoms with van der Waals surface area (Å²) >= 11 is 0. The topological polar surface area (TPSA) is 68.1 Å². The van der Waals surface area contributed by atoms with E-state index in [1.165, 1.54) is 16.9 Å². The van der Waals surface area contributed by atoms with Gasteiger partial charge in [0, 0.05) is 31.1 Å². The maximum Gasteiger partial charge on any atom is 0.377 e. The highest BCUT2D eigenvalue weighted by molar-refractivity contribution is 5.52. The molecule has 0 amide bonds. The summed E-state index contributed by atoms with van der Waals surface area (Å²) in [6.45, 7) is -0.552. The molecule has 1 aliphatic carbocycles. The van der Waals surface area contributed by atoms with Crippen LogP contribution in [0.1, 0.15) is 31.4 Å². The molecule has 2 aliphatic rings. The molecule has 1 saturated carbocycles. The van der Waals surface area contributed by atoms with Crippen molar-refractivity contribution in [1.29, 1.82) is 0 Å². The van der Waals surface area contributed by atoms with Crippen LogP contribution in [-0.2, 0) is 4.74 Å². The van der Waals surface area contributed by atoms with Crippen LogP contribution >= 0.6 is 0 Å². The molecular weight excluding hydrogens is 430 g/mol. The quantitative estimate of drug-likeness (QED) is 0.711. The van der Waals surface area contributed by atoms with E-state index in [1.54, 1.807) is 13.0 Å². The second-order valence-electron chi connectivity index (χ2n) is 7.82. The van der Waals surface area contributed by atoms with Crippen LogP contribution < -0.4 is 10.2 Å². The number of aryl methyl sites for hydroxylation is 1. The Hall–Kier alpha value is -2.57. The van der Waals surface area contributed by atoms with Crippen molar-refractivity contribution in [2.75, 3.05) is 23.3 Å². The highest BCUT2D eigenvalue weighted by Gasteiger charge is 2.52. The molecule has 4 rings (SSSR count). The smallest absolute Gasteiger partial charge is 0.367 e. The standard InChI is InChI=1S/C18H20F6N6O/c1-11-4-7-30(28-11)15-26-13(25-12-2-5-16(19,20)6-3-12)8-14(27-15)29-9-17(21,22)31-18(23,24)10-29/h4,7-8,12H,2-3,5-6,9-10H2,1H3,(H,25,26,27). The first-order valence-corrected chi connectivity index (χ1v) is 9.67. The Balaban J connectivity index is 1.65. The molecule has 2 aromatic rings. The largest absolute Gasteiger partial charge is 0.377 e. The zero-order valence-corrected chi connectivity index (χ0v) is 16.5. The number of alkyl halides is 6. The van der Waals surface area contributed by atoms with E-state index in [2.05, 4.69) is 25.1 Å². The van der Waals surface area contributed by atoms with Crippen LogP contribution in [0.2, 0.25) is 0 Å². The zero-order chi connectivity index (χ0) is 22.4. The van der Waals surface area contributed by atoms with Crippen molar-refractivity contribution in [2.45, 2.75) is 56.8 Å². The lowest BCUT2D eigenvalue weighted by Gasteiger charge is -2.37. The molecule has 0 unspecified atom stereocenters. The van der Waals surface area contributed by atoms with Gasteiger partial charge in [-0.25, -0.2) is 13.5 Å². The molecule has 31 heavy (non-hydrogen) atoms. The van der Waals surface area contributed by atoms with E-state index in [-0.39, 0.29) is 49.3 Å². The molecule has 1 saturated heterocycles. The maximum absolute atomic E-state index is 13.7. The van der Waals surface area contributed by atoms with Gasteiger partial charge in [0.05, 0.1) is 5.69 Å². The molecule has 0 aromatic carbocycles. The Morgan fingerprint density at radius 3 is 2.26 bits per heavy atom. The molecule has 3 heterocycles. The zero-order valence-electron chi connectivity index (χ0n) is 16.5. The van der Waals surface area contributed by atoms with E-state index in [0.717, 1.165) is 0 Å². The summed E-state index contributed by atoms with van der Waals surface area (Å²) in [5, 5.41) is 7.15. The van der Waals surface area contributed by atoms with Crippen LogP contribution in [0.5, 0.6) is 0 Å². The van der Waals surface area contributed by atoms with Crippen LogP contribution in [0.3, 0.4) is 0 Å². The Morgan fingerprint density at radius 1 is 1.03 bits per heavy atom. The molecule has 0 atom stereocenters. The molecule has 0 spiro atoms. The van der Waals surface area contributed by atoms with Crippen LogP contribution in [0.4, 0.5) is 38.0 Å². The van der Waals surface area contributed by atoms with Gasteiger partial charge in [0.1, 0.15) is 24.7 Å². The summed E-state index contributed by atoms with van der Waals surface area (Å²) in [4.78, 5) is 9.09. The molecule has 1 N–H and O–H groups in total. The summed E-state index contributed by atoms with van der Waals surface area (Å²) in [6, 6.07) is 2.56. The maximum atomic E-state index is 13.7. The van der Waals surface area contributed by atoms with Crippen molar-refractivity contribution in [3.63, 3.8) is 0 Å². The predicted octanol–water partition coefficient (Wildman–Crippen LogP) is 3.98. The molecule has 0 bridgehead atoms. The van der Waals surface area contributed by atoms with Gasteiger partial charge in [0.25, 0.3) is 5.95 Å². The number of hydrogen-bond acceptors (Lipinski definition) is 6. The second kappa shape index (κ2) is 7.53. The lowest BCUT2D eigenvalue weighted by atomic mass is 9.92. The average Bonchev–Trinajstić information content (AvgIpc) is 3.07. The van der Waals surface area contributed by atoms with Gasteiger partial charge in [0.15, 0.2) is 0 Å². The first kappa shape index (κ1) is 21.7. The lowest BCUT2D eigenvalue weighted by Crippen LogP contribution is -2.55. The number of halogens is 6. The molecule has 170 valence electrons. The Morgan fingerprint density at radius 2 is 1.68 bits per heavy atom. The van der Waals surface area contributed by atoms with Crippen LogP contribution in [0, 0.1) is 6.92 Å². The Labute approximate surface area is 173 Å². The fourth-order valence-corrected chi connectivity index (χ4v) is 3.63. The van der Waals surface area contributed by atoms with Gasteiger partial charge in [0.2, 0.25) is 5.92 Å². The normalized spacial score (nSPS) is 23.0. The average molecular weight is 450 g/mol. The SMILES string of the molecule is Cc1ccn(-c2nc(NC3CCC(F)(F)CC3)cc(N3CC(F)(F)OC(F)(F)C3)n2)n1. The summed E-state index contributed by atoms with van der Waals surface area (Å²) in [5.41, 5.74) is 0.627. The number of nitrogens with zero attached hydrogens (tertiary/aromatic N) is 5. The number of morpholine rings is 1. The van der Waals surface area contributed by atoms with Gasteiger partial charge >= 0.3 is 12.2 Å². The number of nitrogens with one attached hydrogen (secondary N) is 1. The van der Waals surface area contributed by atoms with Crippen molar-refractivity contribution in [3.05, 3.63) is 24.0 Å². The van der Waals surface area contributed by atoms with Gasteiger partial charge in [-0.15, -0.1) is 0 Å². The first-order valence-electron chi connectivity index (χ1n) is 9.67. The van der Waals surface area contributed by atoms with Gasteiger partial charge < -0.3 is 10.2 Å². The third-order valence-corrected chi connectivity index (χ3v) is 5.07. The van der Waals surface area contributed by atoms with Gasteiger partial charge in [-0.1, -0.05) is 0 Å². The fraction of sp³-hybridized carbons (Fsp3) is 0.611. The minimum absolute atomic E-state index is 0.0348. The third-order valence-electron chi connectivity index (χ3n) is 5.07. The van der Waals surface area contributed by atoms with Crippen LogP contribution in [-0.4, -0.2) is 57.0 Å². The van der Waals surface area contributed by atoms with Crippen molar-refractivity contribution in [2.24, 2.45) is 0 Å².